The summed E-state index contributed by atoms with van der Waals surface area (Å²) in [7, 11) is 0. The van der Waals surface area contributed by atoms with Crippen molar-refractivity contribution in [3.63, 3.8) is 0 Å². The highest BCUT2D eigenvalue weighted by molar-refractivity contribution is 5.69. The van der Waals surface area contributed by atoms with Crippen LogP contribution in [0, 0.1) is 21.4 Å². The summed E-state index contributed by atoms with van der Waals surface area (Å²) >= 11 is 0. The lowest BCUT2D eigenvalue weighted by molar-refractivity contribution is -0.384. The molecule has 1 aromatic heterocycles. The zero-order valence-corrected chi connectivity index (χ0v) is 18.9. The predicted octanol–water partition coefficient (Wildman–Crippen LogP) is 5.03. The SMILES string of the molecule is N#Cc1nc(-c2ccccc2[N+](=O)[O-])oc1N1CCN(C(c2ccccc2)c2ccccc2)CC1. The Hall–Kier alpha value is -4.48. The Bertz CT molecular complexity index is 1320. The minimum atomic E-state index is -0.475. The molecule has 1 aliphatic rings. The molecule has 5 rings (SSSR count). The van der Waals surface area contributed by atoms with Crippen LogP contribution in [-0.4, -0.2) is 41.0 Å². The molecule has 4 aromatic rings. The van der Waals surface area contributed by atoms with Gasteiger partial charge >= 0.3 is 0 Å². The summed E-state index contributed by atoms with van der Waals surface area (Å²) in [6, 6.07) is 29.3. The lowest BCUT2D eigenvalue weighted by Crippen LogP contribution is -2.48. The third-order valence-corrected chi connectivity index (χ3v) is 6.24. The molecule has 0 N–H and O–H groups in total. The quantitative estimate of drug-likeness (QED) is 0.291. The predicted molar refractivity (Wildman–Crippen MR) is 132 cm³/mol. The van der Waals surface area contributed by atoms with Crippen LogP contribution in [-0.2, 0) is 0 Å². The number of benzene rings is 3. The van der Waals surface area contributed by atoms with Crippen LogP contribution in [0.4, 0.5) is 11.6 Å². The Balaban J connectivity index is 1.40. The third kappa shape index (κ3) is 4.50. The van der Waals surface area contributed by atoms with E-state index in [0.717, 1.165) is 13.1 Å². The molecule has 0 radical (unpaired) electrons. The molecule has 8 heteroatoms. The van der Waals surface area contributed by atoms with Gasteiger partial charge in [-0.3, -0.25) is 15.0 Å². The summed E-state index contributed by atoms with van der Waals surface area (Å²) < 4.78 is 5.96. The summed E-state index contributed by atoms with van der Waals surface area (Å²) in [6.07, 6.45) is 0. The van der Waals surface area contributed by atoms with E-state index >= 15 is 0 Å². The highest BCUT2D eigenvalue weighted by Crippen LogP contribution is 2.35. The number of piperazine rings is 1. The van der Waals surface area contributed by atoms with Gasteiger partial charge in [0.1, 0.15) is 11.6 Å². The van der Waals surface area contributed by atoms with Gasteiger partial charge in [0.05, 0.1) is 11.0 Å². The van der Waals surface area contributed by atoms with Gasteiger partial charge in [0.15, 0.2) is 0 Å². The van der Waals surface area contributed by atoms with Crippen molar-refractivity contribution in [2.75, 3.05) is 31.1 Å². The molecule has 1 fully saturated rings. The fourth-order valence-electron chi connectivity index (χ4n) is 4.60. The molecule has 0 spiro atoms. The molecule has 174 valence electrons. The molecular formula is C27H23N5O3. The van der Waals surface area contributed by atoms with E-state index in [-0.39, 0.29) is 28.9 Å². The van der Waals surface area contributed by atoms with Crippen molar-refractivity contribution in [3.8, 4) is 17.5 Å². The van der Waals surface area contributed by atoms with E-state index < -0.39 is 4.92 Å². The molecule has 8 nitrogen and oxygen atoms in total. The van der Waals surface area contributed by atoms with Crippen LogP contribution < -0.4 is 4.90 Å². The maximum Gasteiger partial charge on any atom is 0.282 e. The second kappa shape index (κ2) is 9.79. The molecule has 0 aliphatic carbocycles. The van der Waals surface area contributed by atoms with Crippen molar-refractivity contribution < 1.29 is 9.34 Å². The fraction of sp³-hybridized carbons (Fsp3) is 0.185. The van der Waals surface area contributed by atoms with Gasteiger partial charge in [-0.2, -0.15) is 10.2 Å². The number of nitro benzene ring substituents is 1. The zero-order valence-electron chi connectivity index (χ0n) is 18.9. The van der Waals surface area contributed by atoms with E-state index in [1.165, 1.54) is 17.2 Å². The molecule has 3 aromatic carbocycles. The molecule has 0 amide bonds. The molecule has 0 saturated carbocycles. The topological polar surface area (TPSA) is 99.4 Å². The van der Waals surface area contributed by atoms with Crippen molar-refractivity contribution >= 4 is 11.6 Å². The van der Waals surface area contributed by atoms with Crippen molar-refractivity contribution in [1.82, 2.24) is 9.88 Å². The lowest BCUT2D eigenvalue weighted by Gasteiger charge is -2.39. The Labute approximate surface area is 202 Å². The van der Waals surface area contributed by atoms with E-state index in [9.17, 15) is 15.4 Å². The third-order valence-electron chi connectivity index (χ3n) is 6.24. The summed E-state index contributed by atoms with van der Waals surface area (Å²) in [5, 5.41) is 21.1. The highest BCUT2D eigenvalue weighted by Gasteiger charge is 2.30. The maximum absolute atomic E-state index is 11.4. The summed E-state index contributed by atoms with van der Waals surface area (Å²) in [5.74, 6) is 0.439. The van der Waals surface area contributed by atoms with Crippen molar-refractivity contribution in [1.29, 1.82) is 5.26 Å². The van der Waals surface area contributed by atoms with Crippen molar-refractivity contribution in [3.05, 3.63) is 112 Å². The molecule has 0 unspecified atom stereocenters. The monoisotopic (exact) mass is 465 g/mol. The molecule has 2 heterocycles. The minimum Gasteiger partial charge on any atom is -0.419 e. The average Bonchev–Trinajstić information content (AvgIpc) is 3.35. The second-order valence-electron chi connectivity index (χ2n) is 8.31. The first-order chi connectivity index (χ1) is 17.2. The first-order valence-electron chi connectivity index (χ1n) is 11.4. The van der Waals surface area contributed by atoms with Crippen LogP contribution in [0.3, 0.4) is 0 Å². The Morgan fingerprint density at radius 2 is 1.46 bits per heavy atom. The Kier molecular flexibility index (Phi) is 6.24. The van der Waals surface area contributed by atoms with Crippen molar-refractivity contribution in [2.45, 2.75) is 6.04 Å². The van der Waals surface area contributed by atoms with E-state index in [2.05, 4.69) is 64.5 Å². The number of para-hydroxylation sites is 1. The molecule has 1 saturated heterocycles. The summed E-state index contributed by atoms with van der Waals surface area (Å²) in [5.41, 5.74) is 2.73. The minimum absolute atomic E-state index is 0.0812. The molecule has 1 aliphatic heterocycles. The highest BCUT2D eigenvalue weighted by atomic mass is 16.6. The van der Waals surface area contributed by atoms with E-state index in [0.29, 0.717) is 19.0 Å². The van der Waals surface area contributed by atoms with Crippen LogP contribution in [0.2, 0.25) is 0 Å². The molecule has 0 atom stereocenters. The van der Waals surface area contributed by atoms with Crippen molar-refractivity contribution in [2.24, 2.45) is 0 Å². The number of rotatable bonds is 6. The van der Waals surface area contributed by atoms with E-state index in [4.69, 9.17) is 4.42 Å². The number of hydrogen-bond donors (Lipinski definition) is 0. The summed E-state index contributed by atoms with van der Waals surface area (Å²) in [6.45, 7) is 2.77. The van der Waals surface area contributed by atoms with E-state index in [1.807, 2.05) is 17.0 Å². The number of nitrogens with zero attached hydrogens (tertiary/aromatic N) is 5. The summed E-state index contributed by atoms with van der Waals surface area (Å²) in [4.78, 5) is 19.7. The van der Waals surface area contributed by atoms with Crippen LogP contribution in [0.15, 0.2) is 89.3 Å². The number of nitro groups is 1. The standard InChI is InChI=1S/C27H23N5O3/c28-19-23-27(35-26(29-23)22-13-7-8-14-24(22)32(33)34)31-17-15-30(16-18-31)25(20-9-3-1-4-10-20)21-11-5-2-6-12-21/h1-14,25H,15-18H2. The van der Waals surface area contributed by atoms with Gasteiger partial charge in [0.25, 0.3) is 5.69 Å². The molecule has 0 bridgehead atoms. The van der Waals surface area contributed by atoms with Crippen LogP contribution in [0.25, 0.3) is 11.5 Å². The van der Waals surface area contributed by atoms with Gasteiger partial charge in [-0.15, -0.1) is 0 Å². The maximum atomic E-state index is 11.4. The van der Waals surface area contributed by atoms with Gasteiger partial charge in [-0.25, -0.2) is 0 Å². The molecular weight excluding hydrogens is 442 g/mol. The van der Waals surface area contributed by atoms with Gasteiger partial charge in [-0.05, 0) is 17.2 Å². The smallest absolute Gasteiger partial charge is 0.282 e. The first-order valence-corrected chi connectivity index (χ1v) is 11.4. The second-order valence-corrected chi connectivity index (χ2v) is 8.31. The van der Waals surface area contributed by atoms with Gasteiger partial charge in [0, 0.05) is 32.2 Å². The van der Waals surface area contributed by atoms with Crippen LogP contribution in [0.1, 0.15) is 22.9 Å². The first kappa shape index (κ1) is 22.3. The number of hydrogen-bond acceptors (Lipinski definition) is 7. The normalized spacial score (nSPS) is 14.1. The van der Waals surface area contributed by atoms with Gasteiger partial charge in [0.2, 0.25) is 17.5 Å². The Morgan fingerprint density at radius 3 is 2.03 bits per heavy atom. The van der Waals surface area contributed by atoms with Crippen LogP contribution >= 0.6 is 0 Å². The fourth-order valence-corrected chi connectivity index (χ4v) is 4.60. The lowest BCUT2D eigenvalue weighted by atomic mass is 9.96. The number of nitriles is 1. The zero-order chi connectivity index (χ0) is 24.2. The van der Waals surface area contributed by atoms with Crippen LogP contribution in [0.5, 0.6) is 0 Å². The van der Waals surface area contributed by atoms with Gasteiger partial charge < -0.3 is 9.32 Å². The molecule has 35 heavy (non-hydrogen) atoms. The number of oxazole rings is 1. The largest absolute Gasteiger partial charge is 0.419 e. The average molecular weight is 466 g/mol. The Morgan fingerprint density at radius 1 is 0.886 bits per heavy atom. The number of aromatic nitrogens is 1. The number of anilines is 1. The van der Waals surface area contributed by atoms with Gasteiger partial charge in [-0.1, -0.05) is 72.8 Å². The van der Waals surface area contributed by atoms with E-state index in [1.54, 1.807) is 18.2 Å².